The van der Waals surface area contributed by atoms with Crippen molar-refractivity contribution in [1.82, 2.24) is 0 Å². The molecule has 1 aliphatic heterocycles. The van der Waals surface area contributed by atoms with Gasteiger partial charge in [0.05, 0.1) is 5.60 Å². The predicted octanol–water partition coefficient (Wildman–Crippen LogP) is 2.99. The summed E-state index contributed by atoms with van der Waals surface area (Å²) in [7, 11) is 0. The Morgan fingerprint density at radius 3 is 2.36 bits per heavy atom. The van der Waals surface area contributed by atoms with Crippen LogP contribution in [0.3, 0.4) is 0 Å². The maximum Gasteiger partial charge on any atom is 0.0631 e. The van der Waals surface area contributed by atoms with Crippen LogP contribution in [0.25, 0.3) is 0 Å². The highest BCUT2D eigenvalue weighted by molar-refractivity contribution is 4.82. The molecule has 1 saturated heterocycles. The molecular formula is C10H20O. The third-order valence-corrected chi connectivity index (χ3v) is 2.39. The van der Waals surface area contributed by atoms with Crippen LogP contribution in [0, 0.1) is 5.41 Å². The Bertz CT molecular complexity index is 120. The molecular weight excluding hydrogens is 136 g/mol. The van der Waals surface area contributed by atoms with Crippen LogP contribution in [0.2, 0.25) is 0 Å². The van der Waals surface area contributed by atoms with E-state index in [0.29, 0.717) is 5.41 Å². The molecule has 0 saturated carbocycles. The van der Waals surface area contributed by atoms with Gasteiger partial charge in [-0.25, -0.2) is 0 Å². The van der Waals surface area contributed by atoms with Gasteiger partial charge < -0.3 is 4.74 Å². The van der Waals surface area contributed by atoms with Crippen LogP contribution in [-0.4, -0.2) is 12.2 Å². The molecule has 11 heavy (non-hydrogen) atoms. The number of rotatable bonds is 0. The molecule has 0 radical (unpaired) electrons. The minimum atomic E-state index is 0.0972. The summed E-state index contributed by atoms with van der Waals surface area (Å²) in [5.74, 6) is 0. The van der Waals surface area contributed by atoms with Crippen molar-refractivity contribution in [1.29, 1.82) is 0 Å². The van der Waals surface area contributed by atoms with E-state index in [2.05, 4.69) is 27.7 Å². The lowest BCUT2D eigenvalue weighted by Gasteiger charge is -2.31. The van der Waals surface area contributed by atoms with Crippen molar-refractivity contribution >= 4 is 0 Å². The second-order valence-electron chi connectivity index (χ2n) is 5.05. The van der Waals surface area contributed by atoms with Gasteiger partial charge in [0.15, 0.2) is 0 Å². The smallest absolute Gasteiger partial charge is 0.0631 e. The quantitative estimate of drug-likeness (QED) is 0.524. The lowest BCUT2D eigenvalue weighted by molar-refractivity contribution is -0.0252. The van der Waals surface area contributed by atoms with Crippen LogP contribution in [0.4, 0.5) is 0 Å². The van der Waals surface area contributed by atoms with Crippen molar-refractivity contribution in [3.63, 3.8) is 0 Å². The first kappa shape index (κ1) is 9.05. The lowest BCUT2D eigenvalue weighted by atomic mass is 9.79. The van der Waals surface area contributed by atoms with Crippen LogP contribution in [0.15, 0.2) is 0 Å². The Morgan fingerprint density at radius 2 is 1.73 bits per heavy atom. The first-order valence-corrected chi connectivity index (χ1v) is 4.55. The Morgan fingerprint density at radius 1 is 1.09 bits per heavy atom. The standard InChI is InChI=1S/C10H20O/c1-9(2)6-5-7-11-10(3,4)8-9/h5-8H2,1-4H3. The van der Waals surface area contributed by atoms with Crippen molar-refractivity contribution in [3.8, 4) is 0 Å². The van der Waals surface area contributed by atoms with E-state index in [1.807, 2.05) is 0 Å². The maximum absolute atomic E-state index is 5.73. The fourth-order valence-corrected chi connectivity index (χ4v) is 2.19. The van der Waals surface area contributed by atoms with Gasteiger partial charge in [-0.15, -0.1) is 0 Å². The highest BCUT2D eigenvalue weighted by Crippen LogP contribution is 2.36. The SMILES string of the molecule is CC1(C)CCCOC(C)(C)C1. The van der Waals surface area contributed by atoms with Gasteiger partial charge in [0, 0.05) is 6.61 Å². The topological polar surface area (TPSA) is 9.23 Å². The van der Waals surface area contributed by atoms with E-state index in [1.165, 1.54) is 19.3 Å². The fourth-order valence-electron chi connectivity index (χ4n) is 2.19. The molecule has 0 amide bonds. The Balaban J connectivity index is 2.62. The minimum absolute atomic E-state index is 0.0972. The van der Waals surface area contributed by atoms with E-state index in [0.717, 1.165) is 6.61 Å². The predicted molar refractivity (Wildman–Crippen MR) is 47.7 cm³/mol. The Labute approximate surface area is 70.1 Å². The highest BCUT2D eigenvalue weighted by atomic mass is 16.5. The van der Waals surface area contributed by atoms with E-state index < -0.39 is 0 Å². The van der Waals surface area contributed by atoms with Gasteiger partial charge in [0.25, 0.3) is 0 Å². The molecule has 1 nitrogen and oxygen atoms in total. The fraction of sp³-hybridized carbons (Fsp3) is 1.00. The summed E-state index contributed by atoms with van der Waals surface area (Å²) >= 11 is 0. The van der Waals surface area contributed by atoms with E-state index in [9.17, 15) is 0 Å². The van der Waals surface area contributed by atoms with Crippen LogP contribution < -0.4 is 0 Å². The molecule has 0 bridgehead atoms. The van der Waals surface area contributed by atoms with Crippen molar-refractivity contribution in [2.75, 3.05) is 6.61 Å². The molecule has 0 N–H and O–H groups in total. The van der Waals surface area contributed by atoms with Gasteiger partial charge in [-0.05, 0) is 38.5 Å². The normalized spacial score (nSPS) is 29.5. The molecule has 0 aromatic carbocycles. The average molecular weight is 156 g/mol. The first-order valence-electron chi connectivity index (χ1n) is 4.55. The molecule has 1 rings (SSSR count). The van der Waals surface area contributed by atoms with E-state index in [4.69, 9.17) is 4.74 Å². The van der Waals surface area contributed by atoms with Gasteiger partial charge in [0.1, 0.15) is 0 Å². The van der Waals surface area contributed by atoms with Gasteiger partial charge in [-0.3, -0.25) is 0 Å². The van der Waals surface area contributed by atoms with Gasteiger partial charge >= 0.3 is 0 Å². The third kappa shape index (κ3) is 2.82. The molecule has 0 unspecified atom stereocenters. The van der Waals surface area contributed by atoms with Crippen molar-refractivity contribution < 1.29 is 4.74 Å². The molecule has 0 aliphatic carbocycles. The monoisotopic (exact) mass is 156 g/mol. The molecule has 0 spiro atoms. The second-order valence-corrected chi connectivity index (χ2v) is 5.05. The molecule has 0 aromatic rings. The number of hydrogen-bond acceptors (Lipinski definition) is 1. The van der Waals surface area contributed by atoms with Crippen molar-refractivity contribution in [2.45, 2.75) is 52.6 Å². The van der Waals surface area contributed by atoms with Crippen molar-refractivity contribution in [2.24, 2.45) is 5.41 Å². The zero-order valence-electron chi connectivity index (χ0n) is 8.24. The maximum atomic E-state index is 5.73. The van der Waals surface area contributed by atoms with Crippen LogP contribution in [0.1, 0.15) is 47.0 Å². The molecule has 0 aromatic heterocycles. The van der Waals surface area contributed by atoms with E-state index >= 15 is 0 Å². The molecule has 1 heteroatoms. The molecule has 1 aliphatic rings. The third-order valence-electron chi connectivity index (χ3n) is 2.39. The summed E-state index contributed by atoms with van der Waals surface area (Å²) in [5.41, 5.74) is 0.569. The molecule has 0 atom stereocenters. The zero-order chi connectivity index (χ0) is 8.54. The van der Waals surface area contributed by atoms with Crippen molar-refractivity contribution in [3.05, 3.63) is 0 Å². The second kappa shape index (κ2) is 2.78. The number of ether oxygens (including phenoxy) is 1. The highest BCUT2D eigenvalue weighted by Gasteiger charge is 2.31. The summed E-state index contributed by atoms with van der Waals surface area (Å²) in [6.07, 6.45) is 3.70. The van der Waals surface area contributed by atoms with Crippen LogP contribution in [0.5, 0.6) is 0 Å². The van der Waals surface area contributed by atoms with Crippen LogP contribution >= 0.6 is 0 Å². The van der Waals surface area contributed by atoms with Gasteiger partial charge in [-0.1, -0.05) is 13.8 Å². The molecule has 66 valence electrons. The summed E-state index contributed by atoms with van der Waals surface area (Å²) in [5, 5.41) is 0. The Kier molecular flexibility index (Phi) is 2.29. The Hall–Kier alpha value is -0.0400. The average Bonchev–Trinajstić information content (AvgIpc) is 1.86. The number of hydrogen-bond donors (Lipinski definition) is 0. The lowest BCUT2D eigenvalue weighted by Crippen LogP contribution is -2.28. The molecule has 1 heterocycles. The largest absolute Gasteiger partial charge is 0.376 e. The summed E-state index contributed by atoms with van der Waals surface area (Å²) in [6, 6.07) is 0. The van der Waals surface area contributed by atoms with E-state index in [1.54, 1.807) is 0 Å². The van der Waals surface area contributed by atoms with E-state index in [-0.39, 0.29) is 5.60 Å². The van der Waals surface area contributed by atoms with Gasteiger partial charge in [-0.2, -0.15) is 0 Å². The first-order chi connectivity index (χ1) is 4.91. The summed E-state index contributed by atoms with van der Waals surface area (Å²) < 4.78 is 5.73. The zero-order valence-corrected chi connectivity index (χ0v) is 8.24. The van der Waals surface area contributed by atoms with Crippen LogP contribution in [-0.2, 0) is 4.74 Å². The van der Waals surface area contributed by atoms with Gasteiger partial charge in [0.2, 0.25) is 0 Å². The summed E-state index contributed by atoms with van der Waals surface area (Å²) in [6.45, 7) is 10.0. The summed E-state index contributed by atoms with van der Waals surface area (Å²) in [4.78, 5) is 0. The molecule has 1 fully saturated rings. The minimum Gasteiger partial charge on any atom is -0.376 e.